The summed E-state index contributed by atoms with van der Waals surface area (Å²) >= 11 is 13.3. The van der Waals surface area contributed by atoms with Crippen molar-refractivity contribution in [1.82, 2.24) is 0 Å². The van der Waals surface area contributed by atoms with E-state index in [9.17, 15) is 9.59 Å². The van der Waals surface area contributed by atoms with Gasteiger partial charge in [0, 0.05) is 15.6 Å². The monoisotopic (exact) mass is 384 g/mol. The number of esters is 1. The fourth-order valence-electron chi connectivity index (χ4n) is 1.86. The SMILES string of the molecule is CSc1cccc(NC(=O)COC(=O)c2cc(Cl)cc(Cl)c2N)c1. The largest absolute Gasteiger partial charge is 0.452 e. The Bertz CT molecular complexity index is 784. The number of halogens is 2. The van der Waals surface area contributed by atoms with E-state index in [1.54, 1.807) is 17.8 Å². The zero-order valence-corrected chi connectivity index (χ0v) is 15.0. The lowest BCUT2D eigenvalue weighted by Crippen LogP contribution is -2.21. The van der Waals surface area contributed by atoms with Crippen LogP contribution < -0.4 is 11.1 Å². The fraction of sp³-hybridized carbons (Fsp3) is 0.125. The van der Waals surface area contributed by atoms with Crippen molar-refractivity contribution < 1.29 is 14.3 Å². The van der Waals surface area contributed by atoms with Crippen molar-refractivity contribution in [2.75, 3.05) is 23.9 Å². The number of nitrogen functional groups attached to an aromatic ring is 1. The van der Waals surface area contributed by atoms with Crippen LogP contribution in [0.15, 0.2) is 41.3 Å². The van der Waals surface area contributed by atoms with Crippen LogP contribution in [0, 0.1) is 0 Å². The zero-order valence-electron chi connectivity index (χ0n) is 12.6. The summed E-state index contributed by atoms with van der Waals surface area (Å²) in [6, 6.07) is 10.1. The van der Waals surface area contributed by atoms with Gasteiger partial charge < -0.3 is 15.8 Å². The number of anilines is 2. The Morgan fingerprint density at radius 1 is 1.25 bits per heavy atom. The molecule has 0 unspecified atom stereocenters. The molecule has 0 aliphatic carbocycles. The standard InChI is InChI=1S/C16H14Cl2N2O3S/c1-24-11-4-2-3-10(7-11)20-14(21)8-23-16(22)12-5-9(17)6-13(18)15(12)19/h2-7H,8,19H2,1H3,(H,20,21). The number of amides is 1. The van der Waals surface area contributed by atoms with E-state index in [0.29, 0.717) is 5.69 Å². The predicted molar refractivity (Wildman–Crippen MR) is 98.0 cm³/mol. The number of hydrogen-bond donors (Lipinski definition) is 2. The van der Waals surface area contributed by atoms with Crippen LogP contribution >= 0.6 is 35.0 Å². The summed E-state index contributed by atoms with van der Waals surface area (Å²) in [4.78, 5) is 24.9. The molecule has 0 aromatic heterocycles. The Hall–Kier alpha value is -1.89. The Morgan fingerprint density at radius 3 is 2.71 bits per heavy atom. The molecule has 0 atom stereocenters. The number of carbonyl (C=O) groups is 2. The van der Waals surface area contributed by atoms with Gasteiger partial charge in [-0.15, -0.1) is 11.8 Å². The number of ether oxygens (including phenoxy) is 1. The molecule has 24 heavy (non-hydrogen) atoms. The Labute approximate surface area is 153 Å². The lowest BCUT2D eigenvalue weighted by Gasteiger charge is -2.09. The highest BCUT2D eigenvalue weighted by atomic mass is 35.5. The minimum Gasteiger partial charge on any atom is -0.452 e. The Morgan fingerprint density at radius 2 is 2.00 bits per heavy atom. The van der Waals surface area contributed by atoms with Gasteiger partial charge in [-0.3, -0.25) is 4.79 Å². The van der Waals surface area contributed by atoms with Crippen LogP contribution in [0.3, 0.4) is 0 Å². The van der Waals surface area contributed by atoms with Crippen LogP contribution in [-0.4, -0.2) is 24.7 Å². The Balaban J connectivity index is 1.97. The zero-order chi connectivity index (χ0) is 17.7. The van der Waals surface area contributed by atoms with Crippen molar-refractivity contribution in [1.29, 1.82) is 0 Å². The molecule has 0 spiro atoms. The quantitative estimate of drug-likeness (QED) is 0.460. The second-order valence-electron chi connectivity index (χ2n) is 4.71. The molecule has 2 aromatic rings. The lowest BCUT2D eigenvalue weighted by molar-refractivity contribution is -0.119. The Kier molecular flexibility index (Phi) is 6.36. The third-order valence-electron chi connectivity index (χ3n) is 3.00. The average Bonchev–Trinajstić information content (AvgIpc) is 2.56. The molecule has 0 aliphatic rings. The van der Waals surface area contributed by atoms with Crippen LogP contribution in [0.5, 0.6) is 0 Å². The first-order valence-electron chi connectivity index (χ1n) is 6.76. The van der Waals surface area contributed by atoms with Crippen molar-refractivity contribution in [3.63, 3.8) is 0 Å². The molecule has 0 saturated heterocycles. The smallest absolute Gasteiger partial charge is 0.340 e. The fourth-order valence-corrected chi connectivity index (χ4v) is 2.81. The van der Waals surface area contributed by atoms with Gasteiger partial charge in [-0.1, -0.05) is 29.3 Å². The van der Waals surface area contributed by atoms with Gasteiger partial charge in [-0.2, -0.15) is 0 Å². The highest BCUT2D eigenvalue weighted by Gasteiger charge is 2.16. The number of hydrogen-bond acceptors (Lipinski definition) is 5. The first-order chi connectivity index (χ1) is 11.4. The van der Waals surface area contributed by atoms with Crippen LogP contribution in [-0.2, 0) is 9.53 Å². The minimum absolute atomic E-state index is 0.0182. The molecular weight excluding hydrogens is 371 g/mol. The van der Waals surface area contributed by atoms with E-state index in [1.807, 2.05) is 24.5 Å². The molecule has 3 N–H and O–H groups in total. The summed E-state index contributed by atoms with van der Waals surface area (Å²) in [5, 5.41) is 3.04. The second kappa shape index (κ2) is 8.28. The third kappa shape index (κ3) is 4.80. The van der Waals surface area contributed by atoms with Crippen LogP contribution in [0.25, 0.3) is 0 Å². The first kappa shape index (κ1) is 18.4. The van der Waals surface area contributed by atoms with Gasteiger partial charge >= 0.3 is 5.97 Å². The summed E-state index contributed by atoms with van der Waals surface area (Å²) in [5.74, 6) is -1.24. The molecule has 5 nitrogen and oxygen atoms in total. The maximum atomic E-state index is 12.0. The highest BCUT2D eigenvalue weighted by Crippen LogP contribution is 2.28. The summed E-state index contributed by atoms with van der Waals surface area (Å²) in [6.07, 6.45) is 1.93. The van der Waals surface area contributed by atoms with Crippen molar-refractivity contribution in [3.8, 4) is 0 Å². The molecule has 0 fully saturated rings. The summed E-state index contributed by atoms with van der Waals surface area (Å²) in [5.41, 5.74) is 6.41. The van der Waals surface area contributed by atoms with Crippen molar-refractivity contribution in [2.24, 2.45) is 0 Å². The minimum atomic E-state index is -0.773. The maximum Gasteiger partial charge on any atom is 0.340 e. The summed E-state index contributed by atoms with van der Waals surface area (Å²) in [7, 11) is 0. The van der Waals surface area contributed by atoms with Gasteiger partial charge in [0.05, 0.1) is 16.3 Å². The van der Waals surface area contributed by atoms with Gasteiger partial charge in [0.1, 0.15) is 0 Å². The van der Waals surface area contributed by atoms with Crippen molar-refractivity contribution in [3.05, 3.63) is 52.0 Å². The average molecular weight is 385 g/mol. The van der Waals surface area contributed by atoms with E-state index in [1.165, 1.54) is 12.1 Å². The summed E-state index contributed by atoms with van der Waals surface area (Å²) < 4.78 is 4.96. The van der Waals surface area contributed by atoms with Gasteiger partial charge in [0.2, 0.25) is 0 Å². The number of nitrogens with two attached hydrogens (primary N) is 1. The molecule has 2 rings (SSSR count). The van der Waals surface area contributed by atoms with Crippen molar-refractivity contribution in [2.45, 2.75) is 4.90 Å². The molecule has 1 amide bonds. The lowest BCUT2D eigenvalue weighted by atomic mass is 10.2. The molecular formula is C16H14Cl2N2O3S. The molecule has 0 aliphatic heterocycles. The molecule has 0 heterocycles. The molecule has 2 aromatic carbocycles. The van der Waals surface area contributed by atoms with Crippen molar-refractivity contribution >= 4 is 58.2 Å². The van der Waals surface area contributed by atoms with Crippen LogP contribution in [0.2, 0.25) is 10.0 Å². The maximum absolute atomic E-state index is 12.0. The van der Waals surface area contributed by atoms with Crippen LogP contribution in [0.4, 0.5) is 11.4 Å². The van der Waals surface area contributed by atoms with Gasteiger partial charge in [-0.25, -0.2) is 4.79 Å². The van der Waals surface area contributed by atoms with E-state index in [4.69, 9.17) is 33.7 Å². The molecule has 0 bridgehead atoms. The number of benzene rings is 2. The normalized spacial score (nSPS) is 10.3. The number of thioether (sulfide) groups is 1. The van der Waals surface area contributed by atoms with Gasteiger partial charge in [-0.05, 0) is 36.6 Å². The van der Waals surface area contributed by atoms with E-state index in [0.717, 1.165) is 4.90 Å². The first-order valence-corrected chi connectivity index (χ1v) is 8.74. The number of nitrogens with one attached hydrogen (secondary N) is 1. The summed E-state index contributed by atoms with van der Waals surface area (Å²) in [6.45, 7) is -0.452. The van der Waals surface area contributed by atoms with E-state index >= 15 is 0 Å². The molecule has 8 heteroatoms. The third-order valence-corrected chi connectivity index (χ3v) is 4.26. The topological polar surface area (TPSA) is 81.4 Å². The molecule has 0 radical (unpaired) electrons. The van der Waals surface area contributed by atoms with Crippen LogP contribution in [0.1, 0.15) is 10.4 Å². The van der Waals surface area contributed by atoms with E-state index in [-0.39, 0.29) is 21.3 Å². The van der Waals surface area contributed by atoms with E-state index < -0.39 is 18.5 Å². The molecule has 126 valence electrons. The predicted octanol–water partition coefficient (Wildman–Crippen LogP) is 4.09. The van der Waals surface area contributed by atoms with E-state index in [2.05, 4.69) is 5.32 Å². The highest BCUT2D eigenvalue weighted by molar-refractivity contribution is 7.98. The number of rotatable bonds is 5. The van der Waals surface area contributed by atoms with Gasteiger partial charge in [0.25, 0.3) is 5.91 Å². The van der Waals surface area contributed by atoms with Gasteiger partial charge in [0.15, 0.2) is 6.61 Å². The second-order valence-corrected chi connectivity index (χ2v) is 6.43. The molecule has 0 saturated carbocycles. The number of carbonyl (C=O) groups excluding carboxylic acids is 2.